The highest BCUT2D eigenvalue weighted by molar-refractivity contribution is 6.07. The average molecular weight is 374 g/mol. The lowest BCUT2D eigenvalue weighted by Gasteiger charge is -2.23. The van der Waals surface area contributed by atoms with Crippen molar-refractivity contribution in [2.75, 3.05) is 13.2 Å². The van der Waals surface area contributed by atoms with Crippen LogP contribution in [0.5, 0.6) is 0 Å². The molecule has 6 heteroatoms. The van der Waals surface area contributed by atoms with Crippen LogP contribution in [0.3, 0.4) is 0 Å². The molecule has 1 atom stereocenters. The van der Waals surface area contributed by atoms with Gasteiger partial charge in [-0.25, -0.2) is 9.69 Å². The summed E-state index contributed by atoms with van der Waals surface area (Å²) in [6.45, 7) is -0.254. The van der Waals surface area contributed by atoms with E-state index in [-0.39, 0.29) is 19.1 Å². The molecule has 1 aliphatic rings. The molecule has 28 heavy (non-hydrogen) atoms. The maximum absolute atomic E-state index is 13.0. The van der Waals surface area contributed by atoms with Gasteiger partial charge in [0, 0.05) is 5.56 Å². The van der Waals surface area contributed by atoms with Crippen molar-refractivity contribution in [1.29, 1.82) is 0 Å². The van der Waals surface area contributed by atoms with Gasteiger partial charge in [-0.1, -0.05) is 66.7 Å². The second-order valence-corrected chi connectivity index (χ2v) is 6.52. The summed E-state index contributed by atoms with van der Waals surface area (Å²) in [5, 5.41) is 4.77. The van der Waals surface area contributed by atoms with Crippen LogP contribution in [0.4, 0.5) is 4.79 Å². The van der Waals surface area contributed by atoms with Gasteiger partial charge in [-0.05, 0) is 22.4 Å². The Bertz CT molecular complexity index is 1030. The Labute approximate surface area is 161 Å². The predicted molar refractivity (Wildman–Crippen MR) is 104 cm³/mol. The van der Waals surface area contributed by atoms with Gasteiger partial charge in [-0.3, -0.25) is 9.59 Å². The minimum absolute atomic E-state index is 0.0121. The molecule has 0 radical (unpaired) electrons. The van der Waals surface area contributed by atoms with Gasteiger partial charge in [0.15, 0.2) is 6.61 Å². The van der Waals surface area contributed by atoms with Gasteiger partial charge in [0.1, 0.15) is 0 Å². The molecule has 0 spiro atoms. The molecule has 6 nitrogen and oxygen atoms in total. The lowest BCUT2D eigenvalue weighted by Crippen LogP contribution is -2.40. The molecule has 3 aromatic rings. The fraction of sp³-hybridized carbons (Fsp3) is 0.136. The molecule has 0 saturated carbocycles. The van der Waals surface area contributed by atoms with Crippen LogP contribution in [-0.4, -0.2) is 36.0 Å². The first kappa shape index (κ1) is 17.7. The van der Waals surface area contributed by atoms with Crippen molar-refractivity contribution in [1.82, 2.24) is 10.2 Å². The van der Waals surface area contributed by atoms with Crippen LogP contribution in [0.1, 0.15) is 22.0 Å². The number of carbonyl (C=O) groups excluding carboxylic acids is 3. The fourth-order valence-corrected chi connectivity index (χ4v) is 3.32. The summed E-state index contributed by atoms with van der Waals surface area (Å²) in [6, 6.07) is 21.9. The second kappa shape index (κ2) is 7.52. The SMILES string of the molecule is O=C(NC(CN1C(=O)COC1=O)c1ccccc1)c1cccc2ccccc12. The molecular formula is C22H18N2O4. The Kier molecular flexibility index (Phi) is 4.76. The van der Waals surface area contributed by atoms with Crippen LogP contribution in [0, 0.1) is 0 Å². The molecule has 1 heterocycles. The van der Waals surface area contributed by atoms with E-state index in [1.165, 1.54) is 0 Å². The van der Waals surface area contributed by atoms with Crippen molar-refractivity contribution < 1.29 is 19.1 Å². The lowest BCUT2D eigenvalue weighted by molar-refractivity contribution is -0.126. The van der Waals surface area contributed by atoms with E-state index in [2.05, 4.69) is 5.32 Å². The topological polar surface area (TPSA) is 75.7 Å². The average Bonchev–Trinajstić information content (AvgIpc) is 3.05. The molecule has 140 valence electrons. The standard InChI is InChI=1S/C22H18N2O4/c25-20-14-28-22(27)24(20)13-19(16-8-2-1-3-9-16)23-21(26)18-12-6-10-15-7-4-5-11-17(15)18/h1-12,19H,13-14H2,(H,23,26). The third-order valence-corrected chi connectivity index (χ3v) is 4.75. The normalized spacial score (nSPS) is 14.8. The van der Waals surface area contributed by atoms with E-state index in [9.17, 15) is 14.4 Å². The molecule has 0 bridgehead atoms. The monoisotopic (exact) mass is 374 g/mol. The zero-order chi connectivity index (χ0) is 19.5. The number of nitrogens with one attached hydrogen (secondary N) is 1. The highest BCUT2D eigenvalue weighted by Crippen LogP contribution is 2.21. The van der Waals surface area contributed by atoms with E-state index in [1.54, 1.807) is 6.07 Å². The summed E-state index contributed by atoms with van der Waals surface area (Å²) >= 11 is 0. The van der Waals surface area contributed by atoms with Gasteiger partial charge in [0.2, 0.25) is 0 Å². The van der Waals surface area contributed by atoms with E-state index in [1.807, 2.05) is 66.7 Å². The number of benzene rings is 3. The Morgan fingerprint density at radius 2 is 1.68 bits per heavy atom. The van der Waals surface area contributed by atoms with Crippen molar-refractivity contribution in [2.24, 2.45) is 0 Å². The fourth-order valence-electron chi connectivity index (χ4n) is 3.32. The minimum Gasteiger partial charge on any atom is -0.439 e. The van der Waals surface area contributed by atoms with Crippen LogP contribution in [0.25, 0.3) is 10.8 Å². The molecular weight excluding hydrogens is 356 g/mol. The molecule has 3 aromatic carbocycles. The number of rotatable bonds is 5. The molecule has 4 rings (SSSR count). The Morgan fingerprint density at radius 3 is 2.43 bits per heavy atom. The second-order valence-electron chi connectivity index (χ2n) is 6.52. The summed E-state index contributed by atoms with van der Waals surface area (Å²) in [5.74, 6) is -0.684. The summed E-state index contributed by atoms with van der Waals surface area (Å²) in [4.78, 5) is 37.9. The number of carbonyl (C=O) groups is 3. The first-order valence-corrected chi connectivity index (χ1v) is 8.94. The Hall–Kier alpha value is -3.67. The molecule has 0 aromatic heterocycles. The van der Waals surface area contributed by atoms with E-state index >= 15 is 0 Å². The zero-order valence-electron chi connectivity index (χ0n) is 15.0. The quantitative estimate of drug-likeness (QED) is 0.744. The first-order valence-electron chi connectivity index (χ1n) is 8.94. The van der Waals surface area contributed by atoms with Crippen LogP contribution in [-0.2, 0) is 9.53 Å². The molecule has 1 saturated heterocycles. The maximum Gasteiger partial charge on any atom is 0.417 e. The summed E-state index contributed by atoms with van der Waals surface area (Å²) in [7, 11) is 0. The minimum atomic E-state index is -0.689. The number of fused-ring (bicyclic) bond motifs is 1. The van der Waals surface area contributed by atoms with Crippen molar-refractivity contribution in [3.63, 3.8) is 0 Å². The van der Waals surface area contributed by atoms with Crippen LogP contribution in [0.15, 0.2) is 72.8 Å². The molecule has 1 N–H and O–H groups in total. The van der Waals surface area contributed by atoms with Crippen molar-refractivity contribution in [3.05, 3.63) is 83.9 Å². The number of ether oxygens (including phenoxy) is 1. The highest BCUT2D eigenvalue weighted by Gasteiger charge is 2.33. The molecule has 1 fully saturated rings. The van der Waals surface area contributed by atoms with Crippen molar-refractivity contribution in [2.45, 2.75) is 6.04 Å². The van der Waals surface area contributed by atoms with Gasteiger partial charge in [-0.15, -0.1) is 0 Å². The van der Waals surface area contributed by atoms with Crippen LogP contribution >= 0.6 is 0 Å². The van der Waals surface area contributed by atoms with Gasteiger partial charge >= 0.3 is 6.09 Å². The first-order chi connectivity index (χ1) is 13.6. The molecule has 3 amide bonds. The Morgan fingerprint density at radius 1 is 0.964 bits per heavy atom. The van der Waals surface area contributed by atoms with E-state index in [0.717, 1.165) is 21.2 Å². The van der Waals surface area contributed by atoms with E-state index < -0.39 is 18.0 Å². The van der Waals surface area contributed by atoms with E-state index in [0.29, 0.717) is 5.56 Å². The third-order valence-electron chi connectivity index (χ3n) is 4.75. The van der Waals surface area contributed by atoms with Crippen LogP contribution in [0.2, 0.25) is 0 Å². The largest absolute Gasteiger partial charge is 0.439 e. The highest BCUT2D eigenvalue weighted by atomic mass is 16.6. The molecule has 1 unspecified atom stereocenters. The van der Waals surface area contributed by atoms with Gasteiger partial charge in [-0.2, -0.15) is 0 Å². The Balaban J connectivity index is 1.64. The number of cyclic esters (lactones) is 1. The third kappa shape index (κ3) is 3.44. The number of hydrogen-bond donors (Lipinski definition) is 1. The number of amides is 3. The van der Waals surface area contributed by atoms with E-state index in [4.69, 9.17) is 4.74 Å². The smallest absolute Gasteiger partial charge is 0.417 e. The zero-order valence-corrected chi connectivity index (χ0v) is 15.0. The summed E-state index contributed by atoms with van der Waals surface area (Å²) in [5.41, 5.74) is 1.33. The summed E-state index contributed by atoms with van der Waals surface area (Å²) in [6.07, 6.45) is -0.689. The van der Waals surface area contributed by atoms with Crippen molar-refractivity contribution in [3.8, 4) is 0 Å². The van der Waals surface area contributed by atoms with Crippen molar-refractivity contribution >= 4 is 28.7 Å². The number of imide groups is 1. The number of hydrogen-bond acceptors (Lipinski definition) is 4. The van der Waals surface area contributed by atoms with Gasteiger partial charge in [0.05, 0.1) is 12.6 Å². The van der Waals surface area contributed by atoms with Gasteiger partial charge in [0.25, 0.3) is 11.8 Å². The maximum atomic E-state index is 13.0. The summed E-state index contributed by atoms with van der Waals surface area (Å²) < 4.78 is 4.79. The molecule has 1 aliphatic heterocycles. The molecule has 0 aliphatic carbocycles. The lowest BCUT2D eigenvalue weighted by atomic mass is 10.0. The number of nitrogens with zero attached hydrogens (tertiary/aromatic N) is 1. The predicted octanol–water partition coefficient (Wildman–Crippen LogP) is 3.29. The van der Waals surface area contributed by atoms with Gasteiger partial charge < -0.3 is 10.1 Å². The van der Waals surface area contributed by atoms with Crippen LogP contribution < -0.4 is 5.32 Å².